The molecular weight excluding hydrogens is 627 g/mol. The van der Waals surface area contributed by atoms with E-state index in [1.54, 1.807) is 24.5 Å². The number of hydrogen-bond acceptors (Lipinski definition) is 6. The lowest BCUT2D eigenvalue weighted by Crippen LogP contribution is -2.49. The summed E-state index contributed by atoms with van der Waals surface area (Å²) in [6.45, 7) is 2.82. The van der Waals surface area contributed by atoms with Crippen molar-refractivity contribution in [1.82, 2.24) is 25.5 Å². The Balaban J connectivity index is 0.000000532. The van der Waals surface area contributed by atoms with Crippen LogP contribution >= 0.6 is 38.9 Å². The summed E-state index contributed by atoms with van der Waals surface area (Å²) in [6.07, 6.45) is 0.236. The number of pyridine rings is 1. The van der Waals surface area contributed by atoms with Crippen LogP contribution in [0.5, 0.6) is 0 Å². The summed E-state index contributed by atoms with van der Waals surface area (Å²) in [5, 5.41) is 17.1. The molecule has 1 fully saturated rings. The molecule has 0 radical (unpaired) electrons. The second kappa shape index (κ2) is 13.1. The third-order valence-electron chi connectivity index (χ3n) is 5.95. The van der Waals surface area contributed by atoms with Gasteiger partial charge in [0.15, 0.2) is 0 Å². The lowest BCUT2D eigenvalue weighted by molar-refractivity contribution is -0.192. The van der Waals surface area contributed by atoms with E-state index in [1.807, 2.05) is 36.0 Å². The largest absolute Gasteiger partial charge is 0.490 e. The van der Waals surface area contributed by atoms with E-state index in [0.29, 0.717) is 12.5 Å². The molecule has 0 bridgehead atoms. The number of rotatable bonds is 7. The number of thiophene rings is 1. The summed E-state index contributed by atoms with van der Waals surface area (Å²) in [6, 6.07) is 5.12. The molecule has 1 saturated heterocycles. The fourth-order valence-electron chi connectivity index (χ4n) is 3.96. The molecular formula is C24H26BrClF3N5O4S. The van der Waals surface area contributed by atoms with Gasteiger partial charge in [-0.1, -0.05) is 11.6 Å². The lowest BCUT2D eigenvalue weighted by atomic mass is 10.0. The number of carbonyl (C=O) groups excluding carboxylic acids is 2. The van der Waals surface area contributed by atoms with Crippen molar-refractivity contribution < 1.29 is 32.7 Å². The molecule has 3 aromatic rings. The third-order valence-corrected chi connectivity index (χ3v) is 8.45. The predicted molar refractivity (Wildman–Crippen MR) is 144 cm³/mol. The highest BCUT2D eigenvalue weighted by molar-refractivity contribution is 9.10. The van der Waals surface area contributed by atoms with E-state index in [4.69, 9.17) is 21.5 Å². The van der Waals surface area contributed by atoms with Gasteiger partial charge in [-0.05, 0) is 71.9 Å². The quantitative estimate of drug-likeness (QED) is 0.306. The van der Waals surface area contributed by atoms with Crippen LogP contribution in [0.4, 0.5) is 13.2 Å². The summed E-state index contributed by atoms with van der Waals surface area (Å²) < 4.78 is 35.4. The van der Waals surface area contributed by atoms with Crippen molar-refractivity contribution >= 4 is 67.7 Å². The van der Waals surface area contributed by atoms with Crippen LogP contribution in [0, 0.1) is 5.92 Å². The molecule has 2 amide bonds. The van der Waals surface area contributed by atoms with Crippen LogP contribution in [0.2, 0.25) is 4.34 Å². The molecule has 0 aromatic carbocycles. The van der Waals surface area contributed by atoms with Gasteiger partial charge in [0.05, 0.1) is 6.04 Å². The minimum Gasteiger partial charge on any atom is -0.475 e. The Morgan fingerprint density at radius 1 is 1.36 bits per heavy atom. The van der Waals surface area contributed by atoms with E-state index < -0.39 is 18.2 Å². The van der Waals surface area contributed by atoms with E-state index in [9.17, 15) is 22.8 Å². The van der Waals surface area contributed by atoms with Gasteiger partial charge in [-0.15, -0.1) is 11.3 Å². The van der Waals surface area contributed by atoms with Crippen LogP contribution < -0.4 is 16.0 Å². The van der Waals surface area contributed by atoms with Gasteiger partial charge in [0.25, 0.3) is 0 Å². The zero-order valence-electron chi connectivity index (χ0n) is 20.8. The van der Waals surface area contributed by atoms with Crippen molar-refractivity contribution in [3.05, 3.63) is 49.8 Å². The SMILES string of the molecule is CC(NC(=O)[C@H]1C[C@H](Cc2cc(Br)c(Cl)s2)CN1)C(=O)NCc1cnc2c(ccn2C)c1.O=C(O)C(F)(F)F. The molecule has 1 unspecified atom stereocenters. The van der Waals surface area contributed by atoms with Crippen LogP contribution in [0.25, 0.3) is 11.0 Å². The predicted octanol–water partition coefficient (Wildman–Crippen LogP) is 4.03. The van der Waals surface area contributed by atoms with E-state index in [2.05, 4.69) is 36.9 Å². The fourth-order valence-corrected chi connectivity index (χ4v) is 5.86. The zero-order chi connectivity index (χ0) is 28.9. The first-order valence-corrected chi connectivity index (χ1v) is 13.7. The smallest absolute Gasteiger partial charge is 0.475 e. The number of halogens is 5. The van der Waals surface area contributed by atoms with Crippen molar-refractivity contribution in [2.45, 2.75) is 44.6 Å². The maximum atomic E-state index is 12.6. The molecule has 0 aliphatic carbocycles. The van der Waals surface area contributed by atoms with Gasteiger partial charge in [-0.25, -0.2) is 9.78 Å². The van der Waals surface area contributed by atoms with Crippen LogP contribution in [0.3, 0.4) is 0 Å². The van der Waals surface area contributed by atoms with Crippen molar-refractivity contribution in [3.8, 4) is 0 Å². The Bertz CT molecular complexity index is 1330. The molecule has 1 aliphatic heterocycles. The van der Waals surface area contributed by atoms with Crippen LogP contribution in [-0.4, -0.2) is 57.2 Å². The Hall–Kier alpha value is -2.68. The lowest BCUT2D eigenvalue weighted by Gasteiger charge is -2.17. The molecule has 4 rings (SSSR count). The van der Waals surface area contributed by atoms with Crippen LogP contribution in [0.15, 0.2) is 35.1 Å². The van der Waals surface area contributed by atoms with Gasteiger partial charge in [0.1, 0.15) is 16.0 Å². The second-order valence-electron chi connectivity index (χ2n) is 9.04. The van der Waals surface area contributed by atoms with Crippen molar-refractivity contribution in [2.75, 3.05) is 6.54 Å². The molecule has 15 heteroatoms. The van der Waals surface area contributed by atoms with Crippen molar-refractivity contribution in [1.29, 1.82) is 0 Å². The molecule has 4 heterocycles. The van der Waals surface area contributed by atoms with E-state index in [0.717, 1.165) is 44.8 Å². The minimum absolute atomic E-state index is 0.145. The number of carbonyl (C=O) groups is 3. The molecule has 4 N–H and O–H groups in total. The molecule has 1 aliphatic rings. The maximum Gasteiger partial charge on any atom is 0.490 e. The Morgan fingerprint density at radius 3 is 2.67 bits per heavy atom. The summed E-state index contributed by atoms with van der Waals surface area (Å²) in [5.74, 6) is -2.77. The minimum atomic E-state index is -5.08. The highest BCUT2D eigenvalue weighted by Gasteiger charge is 2.38. The molecule has 3 atom stereocenters. The van der Waals surface area contributed by atoms with E-state index in [1.165, 1.54) is 4.88 Å². The highest BCUT2D eigenvalue weighted by Crippen LogP contribution is 2.34. The van der Waals surface area contributed by atoms with Crippen LogP contribution in [-0.2, 0) is 34.4 Å². The Kier molecular flexibility index (Phi) is 10.4. The van der Waals surface area contributed by atoms with E-state index >= 15 is 0 Å². The number of alkyl halides is 3. The molecule has 0 saturated carbocycles. The van der Waals surface area contributed by atoms with Crippen molar-refractivity contribution in [3.63, 3.8) is 0 Å². The zero-order valence-corrected chi connectivity index (χ0v) is 24.0. The van der Waals surface area contributed by atoms with Gasteiger partial charge in [0.2, 0.25) is 11.8 Å². The Labute approximate surface area is 239 Å². The number of carboxylic acids is 1. The first-order valence-electron chi connectivity index (χ1n) is 11.7. The standard InChI is InChI=1S/C22H25BrClN5O2S.C2HF3O2/c1-12(21(30)27-11-14-5-15-3-4-29(2)20(15)26-10-14)28-22(31)18-7-13(9-25-18)6-16-8-17(23)19(24)32-16;3-2(4,5)1(6)7/h3-5,8,10,12-13,18,25H,6-7,9,11H2,1-2H3,(H,27,30)(H,28,31);(H,6,7)/t12?,13-,18+;/m0./s1. The molecule has 0 spiro atoms. The second-order valence-corrected chi connectivity index (χ2v) is 11.6. The van der Waals surface area contributed by atoms with Gasteiger partial charge >= 0.3 is 12.1 Å². The molecule has 39 heavy (non-hydrogen) atoms. The topological polar surface area (TPSA) is 125 Å². The average Bonchev–Trinajstić information content (AvgIpc) is 3.56. The number of aliphatic carboxylic acids is 1. The van der Waals surface area contributed by atoms with Gasteiger partial charge in [-0.2, -0.15) is 13.2 Å². The van der Waals surface area contributed by atoms with Gasteiger partial charge < -0.3 is 25.6 Å². The maximum absolute atomic E-state index is 12.6. The van der Waals surface area contributed by atoms with E-state index in [-0.39, 0.29) is 17.9 Å². The molecule has 9 nitrogen and oxygen atoms in total. The number of nitrogens with zero attached hydrogens (tertiary/aromatic N) is 2. The summed E-state index contributed by atoms with van der Waals surface area (Å²) in [7, 11) is 1.94. The number of nitrogens with one attached hydrogen (secondary N) is 3. The Morgan fingerprint density at radius 2 is 2.05 bits per heavy atom. The first-order chi connectivity index (χ1) is 18.2. The van der Waals surface area contributed by atoms with Gasteiger partial charge in [-0.3, -0.25) is 9.59 Å². The summed E-state index contributed by atoms with van der Waals surface area (Å²) in [4.78, 5) is 39.7. The van der Waals surface area contributed by atoms with Crippen molar-refractivity contribution in [2.24, 2.45) is 13.0 Å². The number of carboxylic acid groups (broad SMARTS) is 1. The monoisotopic (exact) mass is 651 g/mol. The third kappa shape index (κ3) is 8.65. The van der Waals surface area contributed by atoms with Crippen LogP contribution in [0.1, 0.15) is 23.8 Å². The number of aromatic nitrogens is 2. The number of hydrogen-bond donors (Lipinski definition) is 4. The average molecular weight is 653 g/mol. The molecule has 3 aromatic heterocycles. The molecule has 212 valence electrons. The first kappa shape index (κ1) is 30.9. The summed E-state index contributed by atoms with van der Waals surface area (Å²) in [5.41, 5.74) is 1.81. The fraction of sp³-hybridized carbons (Fsp3) is 0.417. The normalized spacial score (nSPS) is 17.8. The number of fused-ring (bicyclic) bond motifs is 1. The summed E-state index contributed by atoms with van der Waals surface area (Å²) >= 11 is 11.1. The van der Waals surface area contributed by atoms with Gasteiger partial charge in [0, 0.05) is 40.7 Å². The number of amides is 2. The number of aryl methyl sites for hydroxylation is 1. The highest BCUT2D eigenvalue weighted by atomic mass is 79.9.